The Morgan fingerprint density at radius 2 is 2.00 bits per heavy atom. The molecular weight excluding hydrogens is 153 g/mol. The molecule has 2 atom stereocenters. The molecule has 1 rings (SSSR count). The van der Waals surface area contributed by atoms with Crippen molar-refractivity contribution in [3.63, 3.8) is 0 Å². The van der Waals surface area contributed by atoms with Crippen molar-refractivity contribution >= 4 is 12.4 Å². The van der Waals surface area contributed by atoms with Gasteiger partial charge in [0.2, 0.25) is 0 Å². The van der Waals surface area contributed by atoms with Crippen LogP contribution < -0.4 is 5.32 Å². The molecule has 1 nitrogen and oxygen atoms in total. The molecule has 0 aromatic carbocycles. The van der Waals surface area contributed by atoms with Crippen LogP contribution in [-0.4, -0.2) is 18.8 Å². The van der Waals surface area contributed by atoms with E-state index in [1.54, 1.807) is 0 Å². The molecule has 1 aliphatic heterocycles. The van der Waals surface area contributed by atoms with E-state index >= 15 is 0 Å². The van der Waals surface area contributed by atoms with Gasteiger partial charge < -0.3 is 5.32 Å². The van der Waals surface area contributed by atoms with Gasteiger partial charge in [-0.25, -0.2) is 4.39 Å². The molecule has 1 heterocycles. The zero-order chi connectivity index (χ0) is 6.69. The summed E-state index contributed by atoms with van der Waals surface area (Å²) < 4.78 is 12.6. The molecule has 0 aliphatic carbocycles. The van der Waals surface area contributed by atoms with Crippen LogP contribution in [0.5, 0.6) is 0 Å². The molecule has 1 saturated heterocycles. The van der Waals surface area contributed by atoms with E-state index in [2.05, 4.69) is 12.2 Å². The van der Waals surface area contributed by atoms with Gasteiger partial charge in [-0.3, -0.25) is 0 Å². The summed E-state index contributed by atoms with van der Waals surface area (Å²) in [7, 11) is 0. The molecule has 1 aliphatic rings. The minimum absolute atomic E-state index is 0. The van der Waals surface area contributed by atoms with Gasteiger partial charge in [0.1, 0.15) is 6.17 Å². The molecule has 0 aromatic heterocycles. The molecule has 0 spiro atoms. The standard InChI is InChI=1S/C7H14FN.ClH/c1-6-2-3-7(8)4-5-9-6;/h6-7,9H,2-5H2,1H3;1H/t6-,7-;/m1./s1. The molecule has 3 heteroatoms. The summed E-state index contributed by atoms with van der Waals surface area (Å²) in [4.78, 5) is 0. The van der Waals surface area contributed by atoms with Gasteiger partial charge in [-0.1, -0.05) is 0 Å². The fraction of sp³-hybridized carbons (Fsp3) is 1.00. The van der Waals surface area contributed by atoms with Crippen LogP contribution in [0.2, 0.25) is 0 Å². The topological polar surface area (TPSA) is 12.0 Å². The molecule has 0 saturated carbocycles. The summed E-state index contributed by atoms with van der Waals surface area (Å²) in [6, 6.07) is 0.519. The minimum atomic E-state index is -0.553. The molecule has 10 heavy (non-hydrogen) atoms. The van der Waals surface area contributed by atoms with Crippen LogP contribution in [0, 0.1) is 0 Å². The van der Waals surface area contributed by atoms with E-state index in [1.807, 2.05) is 0 Å². The van der Waals surface area contributed by atoms with Crippen molar-refractivity contribution in [1.29, 1.82) is 0 Å². The summed E-state index contributed by atoms with van der Waals surface area (Å²) >= 11 is 0. The van der Waals surface area contributed by atoms with E-state index < -0.39 is 6.17 Å². The van der Waals surface area contributed by atoms with Gasteiger partial charge in [-0.05, 0) is 32.7 Å². The molecule has 1 fully saturated rings. The van der Waals surface area contributed by atoms with Gasteiger partial charge in [0, 0.05) is 6.04 Å². The minimum Gasteiger partial charge on any atom is -0.314 e. The van der Waals surface area contributed by atoms with E-state index in [0.29, 0.717) is 12.5 Å². The Labute approximate surface area is 67.8 Å². The van der Waals surface area contributed by atoms with Crippen molar-refractivity contribution in [2.24, 2.45) is 0 Å². The number of hydrogen-bond donors (Lipinski definition) is 1. The van der Waals surface area contributed by atoms with E-state index in [-0.39, 0.29) is 12.4 Å². The molecule has 62 valence electrons. The van der Waals surface area contributed by atoms with E-state index in [0.717, 1.165) is 19.4 Å². The molecule has 1 N–H and O–H groups in total. The smallest absolute Gasteiger partial charge is 0.101 e. The second kappa shape index (κ2) is 4.91. The SMILES string of the molecule is C[C@@H]1CC[C@@H](F)CCN1.Cl. The van der Waals surface area contributed by atoms with Gasteiger partial charge >= 0.3 is 0 Å². The molecular formula is C7H15ClFN. The third-order valence-corrected chi connectivity index (χ3v) is 1.86. The molecule has 0 bridgehead atoms. The lowest BCUT2D eigenvalue weighted by atomic mass is 10.1. The molecule has 0 radical (unpaired) electrons. The highest BCUT2D eigenvalue weighted by Gasteiger charge is 2.13. The first kappa shape index (κ1) is 10.2. The van der Waals surface area contributed by atoms with Gasteiger partial charge in [0.15, 0.2) is 0 Å². The lowest BCUT2D eigenvalue weighted by Crippen LogP contribution is -2.24. The zero-order valence-electron chi connectivity index (χ0n) is 6.27. The van der Waals surface area contributed by atoms with Crippen molar-refractivity contribution in [1.82, 2.24) is 5.32 Å². The summed E-state index contributed by atoms with van der Waals surface area (Å²) in [6.07, 6.45) is 1.88. The molecule has 0 aromatic rings. The predicted octanol–water partition coefficient (Wildman–Crippen LogP) is 1.91. The maximum Gasteiger partial charge on any atom is 0.101 e. The predicted molar refractivity (Wildman–Crippen MR) is 43.5 cm³/mol. The quantitative estimate of drug-likeness (QED) is 0.581. The Morgan fingerprint density at radius 3 is 2.70 bits per heavy atom. The first-order valence-corrected chi connectivity index (χ1v) is 3.66. The van der Waals surface area contributed by atoms with Crippen LogP contribution in [0.4, 0.5) is 4.39 Å². The van der Waals surface area contributed by atoms with Crippen molar-refractivity contribution in [2.45, 2.75) is 38.4 Å². The fourth-order valence-electron chi connectivity index (χ4n) is 1.16. The summed E-state index contributed by atoms with van der Waals surface area (Å²) in [6.45, 7) is 2.96. The molecule has 0 unspecified atom stereocenters. The van der Waals surface area contributed by atoms with Crippen LogP contribution >= 0.6 is 12.4 Å². The van der Waals surface area contributed by atoms with E-state index in [9.17, 15) is 4.39 Å². The Morgan fingerprint density at radius 1 is 1.30 bits per heavy atom. The summed E-state index contributed by atoms with van der Waals surface area (Å²) in [5.74, 6) is 0. The normalized spacial score (nSPS) is 34.2. The van der Waals surface area contributed by atoms with Crippen molar-refractivity contribution < 1.29 is 4.39 Å². The van der Waals surface area contributed by atoms with Crippen LogP contribution in [0.3, 0.4) is 0 Å². The highest BCUT2D eigenvalue weighted by molar-refractivity contribution is 5.85. The van der Waals surface area contributed by atoms with Gasteiger partial charge in [-0.15, -0.1) is 12.4 Å². The number of halogens is 2. The maximum atomic E-state index is 12.6. The van der Waals surface area contributed by atoms with E-state index in [4.69, 9.17) is 0 Å². The highest BCUT2D eigenvalue weighted by Crippen LogP contribution is 2.11. The average molecular weight is 168 g/mol. The van der Waals surface area contributed by atoms with Crippen LogP contribution in [0.15, 0.2) is 0 Å². The number of nitrogens with one attached hydrogen (secondary N) is 1. The Hall–Kier alpha value is 0.180. The van der Waals surface area contributed by atoms with Crippen molar-refractivity contribution in [3.8, 4) is 0 Å². The van der Waals surface area contributed by atoms with Crippen molar-refractivity contribution in [3.05, 3.63) is 0 Å². The Bertz CT molecular complexity index is 79.7. The fourth-order valence-corrected chi connectivity index (χ4v) is 1.16. The third kappa shape index (κ3) is 3.37. The molecule has 0 amide bonds. The van der Waals surface area contributed by atoms with Gasteiger partial charge in [0.05, 0.1) is 0 Å². The van der Waals surface area contributed by atoms with Gasteiger partial charge in [0.25, 0.3) is 0 Å². The number of rotatable bonds is 0. The first-order valence-electron chi connectivity index (χ1n) is 3.66. The van der Waals surface area contributed by atoms with E-state index in [1.165, 1.54) is 0 Å². The summed E-state index contributed by atoms with van der Waals surface area (Å²) in [5, 5.41) is 3.23. The monoisotopic (exact) mass is 167 g/mol. The average Bonchev–Trinajstić information content (AvgIpc) is 1.97. The summed E-state index contributed by atoms with van der Waals surface area (Å²) in [5.41, 5.74) is 0. The third-order valence-electron chi connectivity index (χ3n) is 1.86. The lowest BCUT2D eigenvalue weighted by Gasteiger charge is -2.06. The first-order chi connectivity index (χ1) is 4.29. The van der Waals surface area contributed by atoms with Gasteiger partial charge in [-0.2, -0.15) is 0 Å². The largest absolute Gasteiger partial charge is 0.314 e. The van der Waals surface area contributed by atoms with Crippen LogP contribution in [0.1, 0.15) is 26.2 Å². The van der Waals surface area contributed by atoms with Crippen LogP contribution in [-0.2, 0) is 0 Å². The zero-order valence-corrected chi connectivity index (χ0v) is 7.09. The van der Waals surface area contributed by atoms with Crippen LogP contribution in [0.25, 0.3) is 0 Å². The number of alkyl halides is 1. The number of hydrogen-bond acceptors (Lipinski definition) is 1. The van der Waals surface area contributed by atoms with Crippen molar-refractivity contribution in [2.75, 3.05) is 6.54 Å². The highest BCUT2D eigenvalue weighted by atomic mass is 35.5. The second-order valence-electron chi connectivity index (χ2n) is 2.82. The lowest BCUT2D eigenvalue weighted by molar-refractivity contribution is 0.305. The Kier molecular flexibility index (Phi) is 5.00. The Balaban J connectivity index is 0.000000810. The maximum absolute atomic E-state index is 12.6. The second-order valence-corrected chi connectivity index (χ2v) is 2.82.